The number of ether oxygens (including phenoxy) is 1. The van der Waals surface area contributed by atoms with Gasteiger partial charge in [0, 0.05) is 25.1 Å². The van der Waals surface area contributed by atoms with E-state index in [0.717, 1.165) is 13.0 Å². The zero-order chi connectivity index (χ0) is 13.4. The Morgan fingerprint density at radius 2 is 2.42 bits per heavy atom. The Bertz CT molecular complexity index is 466. The van der Waals surface area contributed by atoms with Crippen molar-refractivity contribution < 1.29 is 9.53 Å². The third-order valence-electron chi connectivity index (χ3n) is 4.14. The van der Waals surface area contributed by atoms with Crippen molar-refractivity contribution >= 4 is 17.2 Å². The minimum absolute atomic E-state index is 0.0544. The predicted molar refractivity (Wildman–Crippen MR) is 75.1 cm³/mol. The molecule has 2 unspecified atom stereocenters. The first kappa shape index (κ1) is 13.1. The fourth-order valence-corrected chi connectivity index (χ4v) is 3.91. The molecule has 2 heterocycles. The first-order valence-electron chi connectivity index (χ1n) is 6.86. The summed E-state index contributed by atoms with van der Waals surface area (Å²) >= 11 is 1.81. The quantitative estimate of drug-likeness (QED) is 0.910. The molecule has 0 saturated heterocycles. The molecule has 1 aliphatic heterocycles. The maximum Gasteiger partial charge on any atom is 0.253 e. The van der Waals surface area contributed by atoms with Crippen LogP contribution in [0.3, 0.4) is 0 Å². The molecule has 19 heavy (non-hydrogen) atoms. The summed E-state index contributed by atoms with van der Waals surface area (Å²) in [5.41, 5.74) is 6.99. The lowest BCUT2D eigenvalue weighted by atomic mass is 9.95. The largest absolute Gasteiger partial charge is 0.370 e. The first-order valence-corrected chi connectivity index (χ1v) is 7.73. The van der Waals surface area contributed by atoms with Crippen molar-refractivity contribution in [3.8, 4) is 0 Å². The Hall–Kier alpha value is -0.910. The Labute approximate surface area is 117 Å². The van der Waals surface area contributed by atoms with E-state index in [1.54, 1.807) is 7.11 Å². The number of rotatable bonds is 4. The van der Waals surface area contributed by atoms with E-state index in [0.29, 0.717) is 5.92 Å². The molecule has 2 N–H and O–H groups in total. The molecular formula is C14H20N2O2S. The lowest BCUT2D eigenvalue weighted by molar-refractivity contribution is -0.145. The monoisotopic (exact) mass is 280 g/mol. The van der Waals surface area contributed by atoms with Crippen LogP contribution in [0.25, 0.3) is 0 Å². The van der Waals surface area contributed by atoms with Crippen LogP contribution in [0.1, 0.15) is 29.3 Å². The van der Waals surface area contributed by atoms with Gasteiger partial charge in [-0.15, -0.1) is 11.3 Å². The van der Waals surface area contributed by atoms with Gasteiger partial charge in [-0.25, -0.2) is 0 Å². The number of hydrogen-bond acceptors (Lipinski definition) is 4. The highest BCUT2D eigenvalue weighted by atomic mass is 32.1. The van der Waals surface area contributed by atoms with Gasteiger partial charge < -0.3 is 15.4 Å². The highest BCUT2D eigenvalue weighted by Crippen LogP contribution is 2.48. The maximum absolute atomic E-state index is 12.6. The Kier molecular flexibility index (Phi) is 3.60. The van der Waals surface area contributed by atoms with Crippen LogP contribution in [0.4, 0.5) is 0 Å². The molecule has 1 fully saturated rings. The lowest BCUT2D eigenvalue weighted by Crippen LogP contribution is -2.48. The van der Waals surface area contributed by atoms with Gasteiger partial charge in [0.15, 0.2) is 0 Å². The molecule has 5 heteroatoms. The molecule has 0 aromatic carbocycles. The molecule has 2 atom stereocenters. The van der Waals surface area contributed by atoms with Gasteiger partial charge in [-0.3, -0.25) is 4.79 Å². The number of methoxy groups -OCH3 is 1. The Morgan fingerprint density at radius 1 is 1.63 bits per heavy atom. The minimum atomic E-state index is -0.499. The van der Waals surface area contributed by atoms with Crippen LogP contribution in [0, 0.1) is 5.92 Å². The number of fused-ring (bicyclic) bond motifs is 1. The number of carbonyl (C=O) groups excluding carboxylic acids is 1. The summed E-state index contributed by atoms with van der Waals surface area (Å²) in [6.45, 7) is 1.05. The zero-order valence-electron chi connectivity index (χ0n) is 11.2. The van der Waals surface area contributed by atoms with Gasteiger partial charge in [-0.1, -0.05) is 0 Å². The van der Waals surface area contributed by atoms with Gasteiger partial charge >= 0.3 is 0 Å². The number of carbonyl (C=O) groups is 1. The number of amides is 1. The fraction of sp³-hybridized carbons (Fsp3) is 0.643. The summed E-state index contributed by atoms with van der Waals surface area (Å²) in [5, 5.41) is 2.14. The SMILES string of the molecule is COC(CN)C(=O)N1CCc2sccc2C1C1CC1. The molecule has 1 aromatic heterocycles. The molecule has 0 bridgehead atoms. The molecular weight excluding hydrogens is 260 g/mol. The van der Waals surface area contributed by atoms with E-state index in [-0.39, 0.29) is 18.5 Å². The molecule has 3 rings (SSSR count). The molecule has 4 nitrogen and oxygen atoms in total. The fourth-order valence-electron chi connectivity index (χ4n) is 3.00. The molecule has 1 aromatic rings. The average molecular weight is 280 g/mol. The van der Waals surface area contributed by atoms with Gasteiger partial charge in [0.2, 0.25) is 0 Å². The Balaban J connectivity index is 1.87. The van der Waals surface area contributed by atoms with Crippen LogP contribution in [0.2, 0.25) is 0 Å². The van der Waals surface area contributed by atoms with Crippen LogP contribution in [0.15, 0.2) is 11.4 Å². The van der Waals surface area contributed by atoms with Gasteiger partial charge in [0.1, 0.15) is 6.10 Å². The summed E-state index contributed by atoms with van der Waals surface area (Å²) in [5.74, 6) is 0.687. The minimum Gasteiger partial charge on any atom is -0.370 e. The van der Waals surface area contributed by atoms with Crippen molar-refractivity contribution in [3.63, 3.8) is 0 Å². The molecule has 1 amide bonds. The second kappa shape index (κ2) is 5.23. The molecule has 0 spiro atoms. The lowest BCUT2D eigenvalue weighted by Gasteiger charge is -2.37. The number of nitrogens with zero attached hydrogens (tertiary/aromatic N) is 1. The van der Waals surface area contributed by atoms with Crippen molar-refractivity contribution in [3.05, 3.63) is 21.9 Å². The van der Waals surface area contributed by atoms with E-state index in [9.17, 15) is 4.79 Å². The number of hydrogen-bond donors (Lipinski definition) is 1. The van der Waals surface area contributed by atoms with Crippen molar-refractivity contribution in [1.82, 2.24) is 4.90 Å². The highest BCUT2D eigenvalue weighted by molar-refractivity contribution is 7.10. The first-order chi connectivity index (χ1) is 9.26. The highest BCUT2D eigenvalue weighted by Gasteiger charge is 2.43. The summed E-state index contributed by atoms with van der Waals surface area (Å²) in [6.07, 6.45) is 2.91. The second-order valence-corrected chi connectivity index (χ2v) is 6.32. The topological polar surface area (TPSA) is 55.6 Å². The van der Waals surface area contributed by atoms with Gasteiger partial charge in [-0.2, -0.15) is 0 Å². The standard InChI is InChI=1S/C14H20N2O2S/c1-18-11(8-15)14(17)16-6-4-12-10(5-7-19-12)13(16)9-2-3-9/h5,7,9,11,13H,2-4,6,8,15H2,1H3. The van der Waals surface area contributed by atoms with E-state index in [1.807, 2.05) is 16.2 Å². The molecule has 1 saturated carbocycles. The zero-order valence-corrected chi connectivity index (χ0v) is 12.0. The third kappa shape index (κ3) is 2.30. The van der Waals surface area contributed by atoms with E-state index >= 15 is 0 Å². The van der Waals surface area contributed by atoms with Crippen LogP contribution < -0.4 is 5.73 Å². The van der Waals surface area contributed by atoms with Gasteiger partial charge in [-0.05, 0) is 42.2 Å². The van der Waals surface area contributed by atoms with Crippen LogP contribution >= 0.6 is 11.3 Å². The average Bonchev–Trinajstić information content (AvgIpc) is 3.15. The van der Waals surface area contributed by atoms with Crippen molar-refractivity contribution in [2.75, 3.05) is 20.2 Å². The molecule has 2 aliphatic rings. The third-order valence-corrected chi connectivity index (χ3v) is 5.14. The molecule has 104 valence electrons. The molecule has 0 radical (unpaired) electrons. The smallest absolute Gasteiger partial charge is 0.253 e. The van der Waals surface area contributed by atoms with E-state index in [1.165, 1.54) is 23.3 Å². The van der Waals surface area contributed by atoms with Gasteiger partial charge in [0.05, 0.1) is 6.04 Å². The van der Waals surface area contributed by atoms with E-state index < -0.39 is 6.10 Å². The predicted octanol–water partition coefficient (Wildman–Crippen LogP) is 1.56. The van der Waals surface area contributed by atoms with Gasteiger partial charge in [0.25, 0.3) is 5.91 Å². The second-order valence-electron chi connectivity index (χ2n) is 5.32. The maximum atomic E-state index is 12.6. The Morgan fingerprint density at radius 3 is 3.05 bits per heavy atom. The van der Waals surface area contributed by atoms with E-state index in [4.69, 9.17) is 10.5 Å². The van der Waals surface area contributed by atoms with Crippen molar-refractivity contribution in [1.29, 1.82) is 0 Å². The van der Waals surface area contributed by atoms with Crippen molar-refractivity contribution in [2.45, 2.75) is 31.4 Å². The molecule has 1 aliphatic carbocycles. The summed E-state index contributed by atoms with van der Waals surface area (Å²) in [4.78, 5) is 16.0. The number of nitrogens with two attached hydrogens (primary N) is 1. The van der Waals surface area contributed by atoms with Crippen LogP contribution in [0.5, 0.6) is 0 Å². The number of thiophene rings is 1. The van der Waals surface area contributed by atoms with Crippen LogP contribution in [-0.2, 0) is 16.0 Å². The summed E-state index contributed by atoms with van der Waals surface area (Å²) in [6, 6.07) is 2.44. The van der Waals surface area contributed by atoms with Crippen LogP contribution in [-0.4, -0.2) is 37.1 Å². The summed E-state index contributed by atoms with van der Waals surface area (Å²) < 4.78 is 5.22. The summed E-state index contributed by atoms with van der Waals surface area (Å²) in [7, 11) is 1.56. The van der Waals surface area contributed by atoms with E-state index in [2.05, 4.69) is 11.4 Å². The normalized spacial score (nSPS) is 24.1. The van der Waals surface area contributed by atoms with Crippen molar-refractivity contribution in [2.24, 2.45) is 11.7 Å².